The Hall–Kier alpha value is -3.44. The maximum absolute atomic E-state index is 11.7. The zero-order valence-corrected chi connectivity index (χ0v) is 18.1. The summed E-state index contributed by atoms with van der Waals surface area (Å²) >= 11 is 0. The van der Waals surface area contributed by atoms with Crippen molar-refractivity contribution in [3.8, 4) is 16.9 Å². The van der Waals surface area contributed by atoms with Gasteiger partial charge in [0.05, 0.1) is 12.2 Å². The van der Waals surface area contributed by atoms with Crippen LogP contribution in [0.5, 0.6) is 5.75 Å². The number of benzene rings is 3. The number of ether oxygens (including phenoxy) is 1. The molecule has 5 nitrogen and oxygen atoms in total. The van der Waals surface area contributed by atoms with E-state index in [1.54, 1.807) is 12.3 Å². The third kappa shape index (κ3) is 4.58. The van der Waals surface area contributed by atoms with Crippen molar-refractivity contribution in [2.45, 2.75) is 6.42 Å². The van der Waals surface area contributed by atoms with E-state index in [4.69, 9.17) is 4.74 Å². The van der Waals surface area contributed by atoms with E-state index in [1.807, 2.05) is 12.1 Å². The predicted molar refractivity (Wildman–Crippen MR) is 129 cm³/mol. The summed E-state index contributed by atoms with van der Waals surface area (Å²) in [5, 5.41) is 0. The molecule has 1 saturated heterocycles. The highest BCUT2D eigenvalue weighted by molar-refractivity contribution is 6.13. The average Bonchev–Trinajstić information content (AvgIpc) is 3.23. The van der Waals surface area contributed by atoms with Crippen LogP contribution in [0.15, 0.2) is 77.8 Å². The van der Waals surface area contributed by atoms with Crippen molar-refractivity contribution in [1.82, 2.24) is 4.90 Å². The lowest BCUT2D eigenvalue weighted by atomic mass is 10.0. The second-order valence-corrected chi connectivity index (χ2v) is 8.26. The van der Waals surface area contributed by atoms with Gasteiger partial charge in [-0.2, -0.15) is 0 Å². The lowest BCUT2D eigenvalue weighted by Crippen LogP contribution is -2.46. The Morgan fingerprint density at radius 2 is 1.66 bits per heavy atom. The fraction of sp³-hybridized carbons (Fsp3) is 0.259. The summed E-state index contributed by atoms with van der Waals surface area (Å²) in [6.07, 6.45) is 2.57. The van der Waals surface area contributed by atoms with Gasteiger partial charge < -0.3 is 9.64 Å². The Morgan fingerprint density at radius 1 is 0.844 bits per heavy atom. The van der Waals surface area contributed by atoms with Gasteiger partial charge in [-0.05, 0) is 47.9 Å². The van der Waals surface area contributed by atoms with Crippen molar-refractivity contribution in [3.05, 3.63) is 83.9 Å². The first-order chi connectivity index (χ1) is 15.8. The quantitative estimate of drug-likeness (QED) is 0.522. The molecule has 0 N–H and O–H groups in total. The van der Waals surface area contributed by atoms with E-state index < -0.39 is 0 Å². The van der Waals surface area contributed by atoms with Gasteiger partial charge in [0.25, 0.3) is 5.91 Å². The minimum absolute atomic E-state index is 0.183. The highest BCUT2D eigenvalue weighted by Crippen LogP contribution is 2.25. The third-order valence-corrected chi connectivity index (χ3v) is 6.15. The Bertz CT molecular complexity index is 1120. The summed E-state index contributed by atoms with van der Waals surface area (Å²) in [6.45, 7) is 5.84. The number of carbonyl (C=O) groups is 1. The molecule has 0 bridgehead atoms. The summed E-state index contributed by atoms with van der Waals surface area (Å²) in [7, 11) is 0. The predicted octanol–water partition coefficient (Wildman–Crippen LogP) is 4.52. The Balaban J connectivity index is 1.08. The van der Waals surface area contributed by atoms with Gasteiger partial charge >= 0.3 is 0 Å². The lowest BCUT2D eigenvalue weighted by Gasteiger charge is -2.36. The Morgan fingerprint density at radius 3 is 2.50 bits per heavy atom. The number of anilines is 1. The lowest BCUT2D eigenvalue weighted by molar-refractivity contribution is 0.101. The van der Waals surface area contributed by atoms with Crippen molar-refractivity contribution in [1.29, 1.82) is 0 Å². The van der Waals surface area contributed by atoms with Crippen molar-refractivity contribution in [2.75, 3.05) is 44.2 Å². The van der Waals surface area contributed by atoms with Gasteiger partial charge in [0.2, 0.25) is 0 Å². The number of carbonyl (C=O) groups excluding carboxylic acids is 1. The van der Waals surface area contributed by atoms with Crippen molar-refractivity contribution in [3.63, 3.8) is 0 Å². The maximum atomic E-state index is 11.7. The minimum atomic E-state index is -0.183. The van der Waals surface area contributed by atoms with Crippen LogP contribution in [0.3, 0.4) is 0 Å². The summed E-state index contributed by atoms with van der Waals surface area (Å²) < 4.78 is 5.87. The molecule has 0 saturated carbocycles. The highest BCUT2D eigenvalue weighted by atomic mass is 16.5. The zero-order valence-electron chi connectivity index (χ0n) is 18.1. The second kappa shape index (κ2) is 9.37. The van der Waals surface area contributed by atoms with Gasteiger partial charge in [-0.25, -0.2) is 4.99 Å². The normalized spacial score (nSPS) is 15.8. The van der Waals surface area contributed by atoms with E-state index in [-0.39, 0.29) is 5.91 Å². The number of hydrogen-bond acceptors (Lipinski definition) is 4. The van der Waals surface area contributed by atoms with Gasteiger partial charge in [-0.3, -0.25) is 9.69 Å². The third-order valence-electron chi connectivity index (χ3n) is 6.15. The number of piperazine rings is 1. The molecule has 0 aromatic heterocycles. The van der Waals surface area contributed by atoms with E-state index in [0.717, 1.165) is 50.5 Å². The molecule has 0 spiro atoms. The van der Waals surface area contributed by atoms with Crippen LogP contribution in [-0.4, -0.2) is 56.4 Å². The standard InChI is InChI=1S/C27H27N3O2/c31-27-26-19-25(11-10-23(26)20-28-27)32-17-5-12-29-13-15-30(16-14-29)24-9-4-8-22(18-24)21-6-2-1-3-7-21/h1-4,6-11,18-20H,5,12-17H2. The van der Waals surface area contributed by atoms with Gasteiger partial charge in [-0.1, -0.05) is 42.5 Å². The minimum Gasteiger partial charge on any atom is -0.494 e. The summed E-state index contributed by atoms with van der Waals surface area (Å²) in [5.41, 5.74) is 5.32. The average molecular weight is 426 g/mol. The molecule has 3 aromatic rings. The number of aliphatic imine (C=N–C) groups is 1. The van der Waals surface area contributed by atoms with Gasteiger partial charge in [0, 0.05) is 50.2 Å². The number of nitrogens with zero attached hydrogens (tertiary/aromatic N) is 3. The van der Waals surface area contributed by atoms with Crippen LogP contribution in [0.25, 0.3) is 11.1 Å². The van der Waals surface area contributed by atoms with Crippen LogP contribution in [0.4, 0.5) is 5.69 Å². The molecule has 162 valence electrons. The smallest absolute Gasteiger partial charge is 0.277 e. The molecule has 0 aliphatic carbocycles. The molecule has 3 aromatic carbocycles. The molecule has 1 amide bonds. The fourth-order valence-electron chi connectivity index (χ4n) is 4.34. The van der Waals surface area contributed by atoms with Crippen molar-refractivity contribution < 1.29 is 9.53 Å². The highest BCUT2D eigenvalue weighted by Gasteiger charge is 2.18. The summed E-state index contributed by atoms with van der Waals surface area (Å²) in [5.74, 6) is 0.559. The first kappa shape index (κ1) is 20.5. The number of rotatable bonds is 7. The molecule has 32 heavy (non-hydrogen) atoms. The number of fused-ring (bicyclic) bond motifs is 1. The van der Waals surface area contributed by atoms with E-state index in [2.05, 4.69) is 69.4 Å². The van der Waals surface area contributed by atoms with Crippen LogP contribution in [0.2, 0.25) is 0 Å². The van der Waals surface area contributed by atoms with E-state index in [9.17, 15) is 4.79 Å². The molecule has 5 rings (SSSR count). The topological polar surface area (TPSA) is 45.1 Å². The van der Waals surface area contributed by atoms with Gasteiger partial charge in [0.1, 0.15) is 5.75 Å². The largest absolute Gasteiger partial charge is 0.494 e. The Labute approximate surface area is 189 Å². The zero-order chi connectivity index (χ0) is 21.8. The molecular formula is C27H27N3O2. The van der Waals surface area contributed by atoms with Crippen LogP contribution in [0, 0.1) is 0 Å². The second-order valence-electron chi connectivity index (χ2n) is 8.26. The molecule has 5 heteroatoms. The summed E-state index contributed by atoms with van der Waals surface area (Å²) in [4.78, 5) is 20.5. The Kier molecular flexibility index (Phi) is 5.99. The molecule has 1 fully saturated rings. The number of amides is 1. The first-order valence-electron chi connectivity index (χ1n) is 11.2. The SMILES string of the molecule is O=C1N=Cc2ccc(OCCCN3CCN(c4cccc(-c5ccccc5)c4)CC3)cc21. The molecule has 0 atom stereocenters. The monoisotopic (exact) mass is 425 g/mol. The number of hydrogen-bond donors (Lipinski definition) is 0. The summed E-state index contributed by atoms with van der Waals surface area (Å²) in [6, 6.07) is 25.0. The molecule has 0 unspecified atom stereocenters. The van der Waals surface area contributed by atoms with Crippen molar-refractivity contribution >= 4 is 17.8 Å². The molecule has 0 radical (unpaired) electrons. The maximum Gasteiger partial charge on any atom is 0.277 e. The molecule has 2 heterocycles. The van der Waals surface area contributed by atoms with Crippen LogP contribution in [0.1, 0.15) is 22.3 Å². The molecule has 2 aliphatic rings. The van der Waals surface area contributed by atoms with Gasteiger partial charge in [-0.15, -0.1) is 0 Å². The van der Waals surface area contributed by atoms with E-state index in [1.165, 1.54) is 16.8 Å². The van der Waals surface area contributed by atoms with Crippen molar-refractivity contribution in [2.24, 2.45) is 4.99 Å². The first-order valence-corrected chi connectivity index (χ1v) is 11.2. The van der Waals surface area contributed by atoms with Gasteiger partial charge in [0.15, 0.2) is 0 Å². The fourth-order valence-corrected chi connectivity index (χ4v) is 4.34. The molecule has 2 aliphatic heterocycles. The van der Waals surface area contributed by atoms with E-state index >= 15 is 0 Å². The van der Waals surface area contributed by atoms with E-state index in [0.29, 0.717) is 12.2 Å². The van der Waals surface area contributed by atoms with Crippen LogP contribution in [-0.2, 0) is 0 Å². The van der Waals surface area contributed by atoms with Crippen LogP contribution < -0.4 is 9.64 Å². The van der Waals surface area contributed by atoms with Crippen LogP contribution >= 0.6 is 0 Å². The molecular weight excluding hydrogens is 398 g/mol.